The van der Waals surface area contributed by atoms with Crippen LogP contribution in [0.1, 0.15) is 37.7 Å². The van der Waals surface area contributed by atoms with Gasteiger partial charge >= 0.3 is 17.8 Å². The van der Waals surface area contributed by atoms with Gasteiger partial charge in [-0.15, -0.1) is 0 Å². The molecule has 1 aliphatic carbocycles. The Balaban J connectivity index is 1.75. The molecule has 26 heavy (non-hydrogen) atoms. The van der Waals surface area contributed by atoms with Gasteiger partial charge in [0.25, 0.3) is 0 Å². The molecule has 0 saturated heterocycles. The molecule has 0 atom stereocenters. The molecule has 1 saturated carbocycles. The van der Waals surface area contributed by atoms with Crippen molar-refractivity contribution < 1.29 is 23.9 Å². The lowest BCUT2D eigenvalue weighted by atomic mass is 9.95. The number of nitrogens with one attached hydrogen (secondary N) is 2. The molecule has 8 heteroatoms. The van der Waals surface area contributed by atoms with Crippen molar-refractivity contribution >= 4 is 24.0 Å². The van der Waals surface area contributed by atoms with Gasteiger partial charge in [-0.25, -0.2) is 10.2 Å². The number of ether oxygens (including phenoxy) is 2. The minimum absolute atomic E-state index is 0.0727. The van der Waals surface area contributed by atoms with E-state index in [0.29, 0.717) is 11.3 Å². The molecule has 0 unspecified atom stereocenters. The molecular formula is C18H23N3O5. The molecule has 0 spiro atoms. The van der Waals surface area contributed by atoms with Crippen molar-refractivity contribution in [3.63, 3.8) is 0 Å². The fraction of sp³-hybridized carbons (Fsp3) is 0.444. The lowest BCUT2D eigenvalue weighted by Gasteiger charge is -2.22. The van der Waals surface area contributed by atoms with Crippen molar-refractivity contribution in [2.45, 2.75) is 38.1 Å². The van der Waals surface area contributed by atoms with Gasteiger partial charge in [0.15, 0.2) is 6.61 Å². The molecule has 2 N–H and O–H groups in total. The topological polar surface area (TPSA) is 106 Å². The molecule has 2 amide bonds. The third-order valence-electron chi connectivity index (χ3n) is 3.99. The summed E-state index contributed by atoms with van der Waals surface area (Å²) in [5.74, 6) is -1.42. The van der Waals surface area contributed by atoms with Crippen molar-refractivity contribution in [1.29, 1.82) is 0 Å². The molecule has 1 aromatic rings. The van der Waals surface area contributed by atoms with Gasteiger partial charge in [-0.1, -0.05) is 19.3 Å². The number of hydrogen-bond acceptors (Lipinski definition) is 6. The van der Waals surface area contributed by atoms with Crippen molar-refractivity contribution in [2.24, 2.45) is 5.10 Å². The van der Waals surface area contributed by atoms with Crippen LogP contribution in [0, 0.1) is 0 Å². The highest BCUT2D eigenvalue weighted by molar-refractivity contribution is 6.35. The Morgan fingerprint density at radius 3 is 2.46 bits per heavy atom. The van der Waals surface area contributed by atoms with Crippen LogP contribution in [-0.2, 0) is 19.1 Å². The van der Waals surface area contributed by atoms with E-state index in [1.807, 2.05) is 0 Å². The maximum absolute atomic E-state index is 11.8. The molecule has 0 bridgehead atoms. The summed E-state index contributed by atoms with van der Waals surface area (Å²) in [6, 6.07) is 6.78. The first-order valence-electron chi connectivity index (χ1n) is 8.52. The lowest BCUT2D eigenvalue weighted by molar-refractivity contribution is -0.142. The molecule has 1 aliphatic rings. The zero-order valence-corrected chi connectivity index (χ0v) is 14.7. The summed E-state index contributed by atoms with van der Waals surface area (Å²) in [5, 5.41) is 6.50. The highest BCUT2D eigenvalue weighted by Crippen LogP contribution is 2.17. The van der Waals surface area contributed by atoms with E-state index in [-0.39, 0.29) is 12.6 Å². The maximum atomic E-state index is 11.8. The van der Waals surface area contributed by atoms with E-state index in [4.69, 9.17) is 4.74 Å². The molecule has 0 aliphatic heterocycles. The number of hydrogen-bond donors (Lipinski definition) is 2. The Morgan fingerprint density at radius 2 is 1.81 bits per heavy atom. The predicted molar refractivity (Wildman–Crippen MR) is 94.7 cm³/mol. The van der Waals surface area contributed by atoms with Gasteiger partial charge in [0.05, 0.1) is 13.3 Å². The average Bonchev–Trinajstić information content (AvgIpc) is 2.67. The summed E-state index contributed by atoms with van der Waals surface area (Å²) in [4.78, 5) is 34.5. The van der Waals surface area contributed by atoms with Crippen molar-refractivity contribution in [2.75, 3.05) is 13.7 Å². The second kappa shape index (κ2) is 10.2. The molecular weight excluding hydrogens is 338 g/mol. The number of carbonyl (C=O) groups excluding carboxylic acids is 3. The van der Waals surface area contributed by atoms with E-state index in [9.17, 15) is 14.4 Å². The number of methoxy groups -OCH3 is 1. The van der Waals surface area contributed by atoms with Crippen molar-refractivity contribution in [3.05, 3.63) is 29.8 Å². The number of esters is 1. The second-order valence-corrected chi connectivity index (χ2v) is 5.94. The first-order chi connectivity index (χ1) is 12.6. The Hall–Kier alpha value is -2.90. The van der Waals surface area contributed by atoms with Gasteiger partial charge in [-0.3, -0.25) is 9.59 Å². The molecule has 1 aromatic carbocycles. The molecule has 2 rings (SSSR count). The zero-order chi connectivity index (χ0) is 18.8. The van der Waals surface area contributed by atoms with Crippen molar-refractivity contribution in [3.8, 4) is 5.75 Å². The molecule has 1 fully saturated rings. The maximum Gasteiger partial charge on any atom is 0.343 e. The number of hydrazone groups is 1. The summed E-state index contributed by atoms with van der Waals surface area (Å²) in [6.45, 7) is -0.171. The highest BCUT2D eigenvalue weighted by Gasteiger charge is 2.19. The smallest absolute Gasteiger partial charge is 0.343 e. The normalized spacial score (nSPS) is 14.7. The molecule has 0 aromatic heterocycles. The van der Waals surface area contributed by atoms with Gasteiger partial charge in [-0.05, 0) is 42.7 Å². The van der Waals surface area contributed by atoms with E-state index in [1.165, 1.54) is 19.7 Å². The zero-order valence-electron chi connectivity index (χ0n) is 14.7. The summed E-state index contributed by atoms with van der Waals surface area (Å²) < 4.78 is 9.70. The van der Waals surface area contributed by atoms with Crippen LogP contribution in [-0.4, -0.2) is 43.8 Å². The summed E-state index contributed by atoms with van der Waals surface area (Å²) in [7, 11) is 1.29. The molecule has 8 nitrogen and oxygen atoms in total. The van der Waals surface area contributed by atoms with Gasteiger partial charge in [0.2, 0.25) is 0 Å². The first-order valence-corrected chi connectivity index (χ1v) is 8.52. The number of carbonyl (C=O) groups is 3. The number of rotatable bonds is 6. The monoisotopic (exact) mass is 361 g/mol. The first kappa shape index (κ1) is 19.4. The van der Waals surface area contributed by atoms with Crippen LogP contribution in [0.15, 0.2) is 29.4 Å². The van der Waals surface area contributed by atoms with Gasteiger partial charge in [0, 0.05) is 6.04 Å². The lowest BCUT2D eigenvalue weighted by Crippen LogP contribution is -2.44. The van der Waals surface area contributed by atoms with Gasteiger partial charge < -0.3 is 14.8 Å². The fourth-order valence-electron chi connectivity index (χ4n) is 2.57. The van der Waals surface area contributed by atoms with E-state index in [1.54, 1.807) is 24.3 Å². The minimum atomic E-state index is -0.787. The Labute approximate surface area is 151 Å². The Morgan fingerprint density at radius 1 is 1.12 bits per heavy atom. The summed E-state index contributed by atoms with van der Waals surface area (Å²) >= 11 is 0. The third-order valence-corrected chi connectivity index (χ3v) is 3.99. The highest BCUT2D eigenvalue weighted by atomic mass is 16.6. The van der Waals surface area contributed by atoms with Crippen LogP contribution in [0.4, 0.5) is 0 Å². The Kier molecular flexibility index (Phi) is 7.60. The largest absolute Gasteiger partial charge is 0.482 e. The molecule has 0 heterocycles. The fourth-order valence-corrected chi connectivity index (χ4v) is 2.57. The molecule has 140 valence electrons. The van der Waals surface area contributed by atoms with Crippen LogP contribution >= 0.6 is 0 Å². The standard InChI is InChI=1S/C18H23N3O5/c1-25-16(22)12-26-15-9-7-13(8-10-15)11-19-21-18(24)17(23)20-14-5-3-2-4-6-14/h7-11,14H,2-6,12H2,1H3,(H,20,23)(H,21,24)/b19-11+. The number of amides is 2. The average molecular weight is 361 g/mol. The van der Waals surface area contributed by atoms with Gasteiger partial charge in [-0.2, -0.15) is 5.10 Å². The number of nitrogens with zero attached hydrogens (tertiary/aromatic N) is 1. The van der Waals surface area contributed by atoms with Crippen LogP contribution in [0.5, 0.6) is 5.75 Å². The van der Waals surface area contributed by atoms with E-state index >= 15 is 0 Å². The minimum Gasteiger partial charge on any atom is -0.482 e. The van der Waals surface area contributed by atoms with E-state index in [0.717, 1.165) is 25.7 Å². The summed E-state index contributed by atoms with van der Waals surface area (Å²) in [5.41, 5.74) is 2.91. The van der Waals surface area contributed by atoms with Crippen LogP contribution in [0.25, 0.3) is 0 Å². The van der Waals surface area contributed by atoms with E-state index < -0.39 is 17.8 Å². The van der Waals surface area contributed by atoms with Crippen LogP contribution in [0.3, 0.4) is 0 Å². The number of benzene rings is 1. The van der Waals surface area contributed by atoms with Crippen LogP contribution in [0.2, 0.25) is 0 Å². The van der Waals surface area contributed by atoms with E-state index in [2.05, 4.69) is 20.6 Å². The predicted octanol–water partition coefficient (Wildman–Crippen LogP) is 1.14. The Bertz CT molecular complexity index is 651. The van der Waals surface area contributed by atoms with Crippen molar-refractivity contribution in [1.82, 2.24) is 10.7 Å². The second-order valence-electron chi connectivity index (χ2n) is 5.94. The SMILES string of the molecule is COC(=O)COc1ccc(/C=N/NC(=O)C(=O)NC2CCCCC2)cc1. The van der Waals surface area contributed by atoms with Crippen LogP contribution < -0.4 is 15.5 Å². The quantitative estimate of drug-likeness (QED) is 0.342. The van der Waals surface area contributed by atoms with Gasteiger partial charge in [0.1, 0.15) is 5.75 Å². The molecule has 0 radical (unpaired) electrons. The third kappa shape index (κ3) is 6.54. The summed E-state index contributed by atoms with van der Waals surface area (Å²) in [6.07, 6.45) is 6.55.